The Morgan fingerprint density at radius 2 is 1.62 bits per heavy atom. The van der Waals surface area contributed by atoms with E-state index in [1.54, 1.807) is 53.2 Å². The van der Waals surface area contributed by atoms with Crippen LogP contribution in [0.4, 0.5) is 13.2 Å². The van der Waals surface area contributed by atoms with E-state index in [2.05, 4.69) is 31.0 Å². The molecule has 0 saturated heterocycles. The number of alkyl halides is 3. The number of hydrogen-bond acceptors (Lipinski definition) is 5. The van der Waals surface area contributed by atoms with Gasteiger partial charge >= 0.3 is 6.18 Å². The molecule has 0 spiro atoms. The van der Waals surface area contributed by atoms with Crippen molar-refractivity contribution in [2.24, 2.45) is 0 Å². The van der Waals surface area contributed by atoms with Crippen molar-refractivity contribution in [1.29, 1.82) is 0 Å². The van der Waals surface area contributed by atoms with E-state index < -0.39 is 11.7 Å². The average Bonchev–Trinajstić information content (AvgIpc) is 3.57. The highest BCUT2D eigenvalue weighted by molar-refractivity contribution is 6.35. The summed E-state index contributed by atoms with van der Waals surface area (Å²) in [5.41, 5.74) is 2.88. The first-order valence-corrected chi connectivity index (χ1v) is 12.2. The molecule has 0 aliphatic heterocycles. The number of amides is 1. The number of carbonyl (C=O) groups is 1. The number of H-pyrrole nitrogens is 1. The molecule has 39 heavy (non-hydrogen) atoms. The lowest BCUT2D eigenvalue weighted by molar-refractivity contribution is -0.137. The topological polar surface area (TPSA) is 101 Å². The second-order valence-corrected chi connectivity index (χ2v) is 9.39. The minimum absolute atomic E-state index is 0.128. The fourth-order valence-corrected chi connectivity index (χ4v) is 4.42. The van der Waals surface area contributed by atoms with Crippen molar-refractivity contribution in [3.8, 4) is 22.5 Å². The van der Waals surface area contributed by atoms with Gasteiger partial charge in [-0.2, -0.15) is 23.5 Å². The van der Waals surface area contributed by atoms with E-state index in [0.717, 1.165) is 17.7 Å². The first kappa shape index (κ1) is 26.4. The smallest absolute Gasteiger partial charge is 0.345 e. The van der Waals surface area contributed by atoms with E-state index >= 15 is 0 Å². The Hall–Kier alpha value is -4.22. The molecule has 5 aromatic rings. The maximum atomic E-state index is 13.0. The summed E-state index contributed by atoms with van der Waals surface area (Å²) in [5, 5.41) is 21.6. The van der Waals surface area contributed by atoms with Crippen molar-refractivity contribution in [3.63, 3.8) is 0 Å². The zero-order chi connectivity index (χ0) is 27.6. The number of hydrogen-bond donors (Lipinski definition) is 2. The van der Waals surface area contributed by atoms with Gasteiger partial charge in [-0.3, -0.25) is 9.48 Å². The van der Waals surface area contributed by atoms with Gasteiger partial charge < -0.3 is 5.32 Å². The Labute approximate surface area is 229 Å². The van der Waals surface area contributed by atoms with Crippen molar-refractivity contribution in [2.75, 3.05) is 0 Å². The van der Waals surface area contributed by atoms with Crippen LogP contribution in [-0.2, 0) is 19.3 Å². The van der Waals surface area contributed by atoms with Gasteiger partial charge in [0.1, 0.15) is 0 Å². The SMILES string of the molecule is O=C(NCc1nn[nH]n1)c1ccc(Cn2nc(-c3ccc(C(F)(F)F)cc3)cc2-c2cc(Cl)cc(Cl)c2)cc1. The van der Waals surface area contributed by atoms with Crippen molar-refractivity contribution in [3.05, 3.63) is 105 Å². The maximum Gasteiger partial charge on any atom is 0.416 e. The monoisotopic (exact) mass is 571 g/mol. The van der Waals surface area contributed by atoms with E-state index in [-0.39, 0.29) is 12.5 Å². The predicted molar refractivity (Wildman–Crippen MR) is 139 cm³/mol. The van der Waals surface area contributed by atoms with Crippen LogP contribution >= 0.6 is 23.2 Å². The Kier molecular flexibility index (Phi) is 7.36. The summed E-state index contributed by atoms with van der Waals surface area (Å²) < 4.78 is 40.8. The summed E-state index contributed by atoms with van der Waals surface area (Å²) in [4.78, 5) is 12.4. The second kappa shape index (κ2) is 10.9. The first-order chi connectivity index (χ1) is 18.7. The number of aromatic nitrogens is 6. The molecule has 2 N–H and O–H groups in total. The fraction of sp³-hybridized carbons (Fsp3) is 0.115. The van der Waals surface area contributed by atoms with Crippen LogP contribution in [-0.4, -0.2) is 36.3 Å². The molecule has 13 heteroatoms. The van der Waals surface area contributed by atoms with Crippen LogP contribution in [0.2, 0.25) is 10.0 Å². The Bertz CT molecular complexity index is 1580. The molecule has 3 aromatic carbocycles. The van der Waals surface area contributed by atoms with E-state index in [4.69, 9.17) is 23.2 Å². The fourth-order valence-electron chi connectivity index (χ4n) is 3.90. The lowest BCUT2D eigenvalue weighted by atomic mass is 10.1. The lowest BCUT2D eigenvalue weighted by Gasteiger charge is -2.10. The number of rotatable bonds is 7. The van der Waals surface area contributed by atoms with Crippen LogP contribution in [0, 0.1) is 0 Å². The summed E-state index contributed by atoms with van der Waals surface area (Å²) in [6.07, 6.45) is -4.43. The number of tetrazole rings is 1. The third kappa shape index (κ3) is 6.27. The lowest BCUT2D eigenvalue weighted by Crippen LogP contribution is -2.23. The Morgan fingerprint density at radius 3 is 2.23 bits per heavy atom. The molecule has 198 valence electrons. The van der Waals surface area contributed by atoms with E-state index in [0.29, 0.717) is 50.5 Å². The molecule has 0 atom stereocenters. The van der Waals surface area contributed by atoms with Crippen LogP contribution in [0.3, 0.4) is 0 Å². The number of benzene rings is 3. The Morgan fingerprint density at radius 1 is 0.923 bits per heavy atom. The summed E-state index contributed by atoms with van der Waals surface area (Å²) in [6.45, 7) is 0.438. The minimum Gasteiger partial charge on any atom is -0.345 e. The average molecular weight is 572 g/mol. The van der Waals surface area contributed by atoms with E-state index in [9.17, 15) is 18.0 Å². The molecule has 2 aromatic heterocycles. The molecule has 0 unspecified atom stereocenters. The number of nitrogens with zero attached hydrogens (tertiary/aromatic N) is 5. The van der Waals surface area contributed by atoms with Crippen molar-refractivity contribution in [2.45, 2.75) is 19.3 Å². The molecule has 0 bridgehead atoms. The highest BCUT2D eigenvalue weighted by Crippen LogP contribution is 2.33. The van der Waals surface area contributed by atoms with Crippen LogP contribution < -0.4 is 5.32 Å². The van der Waals surface area contributed by atoms with Gasteiger partial charge in [0.25, 0.3) is 5.91 Å². The third-order valence-corrected chi connectivity index (χ3v) is 6.23. The van der Waals surface area contributed by atoms with Gasteiger partial charge in [-0.15, -0.1) is 10.2 Å². The molecule has 1 amide bonds. The van der Waals surface area contributed by atoms with Crippen LogP contribution in [0.5, 0.6) is 0 Å². The zero-order valence-electron chi connectivity index (χ0n) is 19.9. The summed E-state index contributed by atoms with van der Waals surface area (Å²) in [5.74, 6) is 0.0560. The van der Waals surface area contributed by atoms with Crippen LogP contribution in [0.1, 0.15) is 27.3 Å². The molecule has 8 nitrogen and oxygen atoms in total. The summed E-state index contributed by atoms with van der Waals surface area (Å²) in [6, 6.07) is 18.6. The highest BCUT2D eigenvalue weighted by atomic mass is 35.5. The van der Waals surface area contributed by atoms with Gasteiger partial charge in [-0.1, -0.05) is 52.7 Å². The molecular formula is C26H18Cl2F3N7O. The number of nitrogens with one attached hydrogen (secondary N) is 2. The first-order valence-electron chi connectivity index (χ1n) is 11.5. The normalized spacial score (nSPS) is 11.5. The van der Waals surface area contributed by atoms with Crippen LogP contribution in [0.15, 0.2) is 72.8 Å². The van der Waals surface area contributed by atoms with E-state index in [1.807, 2.05) is 0 Å². The molecule has 0 aliphatic carbocycles. The standard InChI is InChI=1S/C26H18Cl2F3N7O/c27-20-9-18(10-21(28)11-20)23-12-22(16-5-7-19(8-6-16)26(29,30)31)35-38(23)14-15-1-3-17(4-2-15)25(39)32-13-24-33-36-37-34-24/h1-12H,13-14H2,(H,32,39)(H,33,34,36,37). The summed E-state index contributed by atoms with van der Waals surface area (Å²) >= 11 is 12.5. The Balaban J connectivity index is 1.42. The van der Waals surface area contributed by atoms with Gasteiger partial charge in [0, 0.05) is 26.7 Å². The molecule has 5 rings (SSSR count). The van der Waals surface area contributed by atoms with Crippen molar-refractivity contribution in [1.82, 2.24) is 35.7 Å². The number of aromatic amines is 1. The quantitative estimate of drug-likeness (QED) is 0.248. The van der Waals surface area contributed by atoms with Crippen LogP contribution in [0.25, 0.3) is 22.5 Å². The maximum absolute atomic E-state index is 13.0. The van der Waals surface area contributed by atoms with Gasteiger partial charge in [0.15, 0.2) is 5.82 Å². The molecule has 0 aliphatic rings. The molecule has 0 fully saturated rings. The van der Waals surface area contributed by atoms with Gasteiger partial charge in [0.05, 0.1) is 30.0 Å². The van der Waals surface area contributed by atoms with Crippen molar-refractivity contribution < 1.29 is 18.0 Å². The van der Waals surface area contributed by atoms with Gasteiger partial charge in [-0.05, 0) is 54.1 Å². The second-order valence-electron chi connectivity index (χ2n) is 8.51. The number of halogens is 5. The highest BCUT2D eigenvalue weighted by Gasteiger charge is 2.30. The zero-order valence-corrected chi connectivity index (χ0v) is 21.4. The molecular weight excluding hydrogens is 554 g/mol. The predicted octanol–water partition coefficient (Wildman–Crippen LogP) is 6.03. The van der Waals surface area contributed by atoms with Gasteiger partial charge in [0.2, 0.25) is 0 Å². The molecule has 0 saturated carbocycles. The van der Waals surface area contributed by atoms with Crippen molar-refractivity contribution >= 4 is 29.1 Å². The van der Waals surface area contributed by atoms with Gasteiger partial charge in [-0.25, -0.2) is 0 Å². The molecule has 2 heterocycles. The molecule has 0 radical (unpaired) electrons. The summed E-state index contributed by atoms with van der Waals surface area (Å²) in [7, 11) is 0. The van der Waals surface area contributed by atoms with E-state index in [1.165, 1.54) is 12.1 Å². The third-order valence-electron chi connectivity index (χ3n) is 5.79. The minimum atomic E-state index is -4.43. The largest absolute Gasteiger partial charge is 0.416 e. The number of carbonyl (C=O) groups excluding carboxylic acids is 1.